The molecule has 142 valence electrons. The predicted molar refractivity (Wildman–Crippen MR) is 103 cm³/mol. The molecule has 4 nitrogen and oxygen atoms in total. The van der Waals surface area contributed by atoms with Crippen molar-refractivity contribution in [2.45, 2.75) is 18.4 Å². The maximum atomic E-state index is 14.9. The van der Waals surface area contributed by atoms with Gasteiger partial charge in [-0.05, 0) is 48.4 Å². The molecule has 2 aromatic carbocycles. The number of rotatable bonds is 2. The third-order valence-electron chi connectivity index (χ3n) is 6.01. The smallest absolute Gasteiger partial charge is 0.148 e. The van der Waals surface area contributed by atoms with Gasteiger partial charge in [0.25, 0.3) is 0 Å². The quantitative estimate of drug-likeness (QED) is 0.873. The molecule has 0 spiro atoms. The fourth-order valence-electron chi connectivity index (χ4n) is 4.63. The Bertz CT molecular complexity index is 853. The lowest BCUT2D eigenvalue weighted by Gasteiger charge is -2.37. The van der Waals surface area contributed by atoms with Gasteiger partial charge >= 0.3 is 0 Å². The summed E-state index contributed by atoms with van der Waals surface area (Å²) in [5, 5.41) is 3.49. The van der Waals surface area contributed by atoms with Gasteiger partial charge in [0.1, 0.15) is 11.6 Å². The number of hydrogen-bond donors (Lipinski definition) is 1. The minimum Gasteiger partial charge on any atom is -0.380 e. The monoisotopic (exact) mass is 371 g/mol. The maximum absolute atomic E-state index is 14.9. The van der Waals surface area contributed by atoms with Crippen molar-refractivity contribution >= 4 is 17.1 Å². The Kier molecular flexibility index (Phi) is 4.16. The van der Waals surface area contributed by atoms with Crippen molar-refractivity contribution in [1.82, 2.24) is 0 Å². The number of piperidine rings is 1. The third kappa shape index (κ3) is 3.02. The Hall–Kier alpha value is -2.34. The molecule has 3 heterocycles. The number of benzene rings is 2. The fraction of sp³-hybridized carbons (Fsp3) is 0.429. The second-order valence-corrected chi connectivity index (χ2v) is 7.56. The van der Waals surface area contributed by atoms with Gasteiger partial charge in [0.15, 0.2) is 0 Å². The van der Waals surface area contributed by atoms with E-state index < -0.39 is 0 Å². The van der Waals surface area contributed by atoms with Crippen LogP contribution in [0.25, 0.3) is 0 Å². The summed E-state index contributed by atoms with van der Waals surface area (Å²) in [4.78, 5) is 4.27. The number of ether oxygens (including phenoxy) is 1. The van der Waals surface area contributed by atoms with E-state index in [1.807, 2.05) is 18.2 Å². The molecule has 2 fully saturated rings. The topological polar surface area (TPSA) is 27.7 Å². The van der Waals surface area contributed by atoms with Gasteiger partial charge in [-0.3, -0.25) is 0 Å². The van der Waals surface area contributed by atoms with Gasteiger partial charge < -0.3 is 19.9 Å². The van der Waals surface area contributed by atoms with Gasteiger partial charge in [-0.2, -0.15) is 0 Å². The van der Waals surface area contributed by atoms with E-state index in [9.17, 15) is 8.78 Å². The average Bonchev–Trinajstić information content (AvgIpc) is 3.05. The minimum atomic E-state index is -0.191. The lowest BCUT2D eigenvalue weighted by atomic mass is 9.88. The normalized spacial score (nSPS) is 24.4. The molecule has 6 heteroatoms. The summed E-state index contributed by atoms with van der Waals surface area (Å²) in [7, 11) is 0. The first-order valence-electron chi connectivity index (χ1n) is 9.62. The highest BCUT2D eigenvalue weighted by atomic mass is 19.1. The minimum absolute atomic E-state index is 0.181. The van der Waals surface area contributed by atoms with Gasteiger partial charge in [-0.15, -0.1) is 0 Å². The summed E-state index contributed by atoms with van der Waals surface area (Å²) in [6, 6.07) is 10.7. The van der Waals surface area contributed by atoms with Crippen molar-refractivity contribution in [3.05, 3.63) is 53.6 Å². The highest BCUT2D eigenvalue weighted by Crippen LogP contribution is 2.42. The number of halogens is 2. The van der Waals surface area contributed by atoms with Crippen LogP contribution in [0.4, 0.5) is 25.8 Å². The number of nitrogens with zero attached hydrogens (tertiary/aromatic N) is 2. The van der Waals surface area contributed by atoms with Gasteiger partial charge in [0, 0.05) is 43.5 Å². The molecular weight excluding hydrogens is 348 g/mol. The Morgan fingerprint density at radius 2 is 1.81 bits per heavy atom. The summed E-state index contributed by atoms with van der Waals surface area (Å²) < 4.78 is 33.9. The van der Waals surface area contributed by atoms with Crippen LogP contribution >= 0.6 is 0 Å². The predicted octanol–water partition coefficient (Wildman–Crippen LogP) is 3.59. The molecule has 5 rings (SSSR count). The molecule has 2 aromatic rings. The number of hydrogen-bond acceptors (Lipinski definition) is 4. The molecule has 2 atom stereocenters. The molecule has 0 bridgehead atoms. The Morgan fingerprint density at radius 1 is 0.963 bits per heavy atom. The molecule has 3 aliphatic heterocycles. The zero-order chi connectivity index (χ0) is 18.4. The molecule has 2 saturated heterocycles. The SMILES string of the molecule is Fc1ccc2c(c1)C1CCN(c3ccc(N4CCOCC4)cc3F)CC1N2. The zero-order valence-corrected chi connectivity index (χ0v) is 15.1. The van der Waals surface area contributed by atoms with Crippen molar-refractivity contribution in [2.75, 3.05) is 54.5 Å². The zero-order valence-electron chi connectivity index (χ0n) is 15.1. The summed E-state index contributed by atoms with van der Waals surface area (Å²) in [6.07, 6.45) is 0.888. The van der Waals surface area contributed by atoms with Crippen molar-refractivity contribution in [2.24, 2.45) is 0 Å². The van der Waals surface area contributed by atoms with E-state index in [1.165, 1.54) is 6.07 Å². The van der Waals surface area contributed by atoms with Crippen molar-refractivity contribution in [3.63, 3.8) is 0 Å². The molecule has 0 aliphatic carbocycles. The van der Waals surface area contributed by atoms with Crippen LogP contribution in [0.3, 0.4) is 0 Å². The summed E-state index contributed by atoms with van der Waals surface area (Å²) in [5.74, 6) is -0.0787. The van der Waals surface area contributed by atoms with E-state index in [2.05, 4.69) is 15.1 Å². The fourth-order valence-corrected chi connectivity index (χ4v) is 4.63. The molecule has 0 aromatic heterocycles. The molecule has 27 heavy (non-hydrogen) atoms. The van der Waals surface area contributed by atoms with Crippen LogP contribution in [-0.4, -0.2) is 45.4 Å². The Morgan fingerprint density at radius 3 is 2.63 bits per heavy atom. The first-order chi connectivity index (χ1) is 13.2. The maximum Gasteiger partial charge on any atom is 0.148 e. The standard InChI is InChI=1S/C21H23F2N3O/c22-14-1-3-19-17(11-14)16-5-6-26(13-20(16)24-19)21-4-2-15(12-18(21)23)25-7-9-27-10-8-25/h1-4,11-12,16,20,24H,5-10,13H2. The summed E-state index contributed by atoms with van der Waals surface area (Å²) >= 11 is 0. The van der Waals surface area contributed by atoms with E-state index in [1.54, 1.807) is 12.1 Å². The molecule has 2 unspecified atom stereocenters. The van der Waals surface area contributed by atoms with E-state index in [0.29, 0.717) is 24.8 Å². The van der Waals surface area contributed by atoms with Crippen molar-refractivity contribution in [3.8, 4) is 0 Å². The van der Waals surface area contributed by atoms with Gasteiger partial charge in [-0.25, -0.2) is 8.78 Å². The van der Waals surface area contributed by atoms with Crippen LogP contribution in [-0.2, 0) is 4.74 Å². The van der Waals surface area contributed by atoms with Gasteiger partial charge in [0.05, 0.1) is 24.9 Å². The van der Waals surface area contributed by atoms with Crippen LogP contribution in [0.2, 0.25) is 0 Å². The molecule has 0 radical (unpaired) electrons. The molecule has 0 saturated carbocycles. The first kappa shape index (κ1) is 16.8. The Balaban J connectivity index is 1.33. The second-order valence-electron chi connectivity index (χ2n) is 7.56. The van der Waals surface area contributed by atoms with Crippen molar-refractivity contribution in [1.29, 1.82) is 0 Å². The van der Waals surface area contributed by atoms with Crippen LogP contribution < -0.4 is 15.1 Å². The lowest BCUT2D eigenvalue weighted by molar-refractivity contribution is 0.122. The Labute approximate surface area is 157 Å². The van der Waals surface area contributed by atoms with E-state index in [0.717, 1.165) is 49.5 Å². The van der Waals surface area contributed by atoms with Crippen LogP contribution in [0.5, 0.6) is 0 Å². The highest BCUT2D eigenvalue weighted by molar-refractivity contribution is 5.63. The van der Waals surface area contributed by atoms with Gasteiger partial charge in [0.2, 0.25) is 0 Å². The van der Waals surface area contributed by atoms with E-state index >= 15 is 0 Å². The number of fused-ring (bicyclic) bond motifs is 3. The second kappa shape index (κ2) is 6.68. The lowest BCUT2D eigenvalue weighted by Crippen LogP contribution is -2.44. The van der Waals surface area contributed by atoms with Crippen LogP contribution in [0, 0.1) is 11.6 Å². The number of anilines is 3. The molecule has 3 aliphatic rings. The largest absolute Gasteiger partial charge is 0.380 e. The summed E-state index contributed by atoms with van der Waals surface area (Å²) in [6.45, 7) is 4.45. The van der Waals surface area contributed by atoms with Crippen molar-refractivity contribution < 1.29 is 13.5 Å². The highest BCUT2D eigenvalue weighted by Gasteiger charge is 2.37. The molecule has 1 N–H and O–H groups in total. The van der Waals surface area contributed by atoms with Gasteiger partial charge in [-0.1, -0.05) is 0 Å². The number of morpholine rings is 1. The third-order valence-corrected chi connectivity index (χ3v) is 6.01. The molecular formula is C21H23F2N3O. The molecule has 0 amide bonds. The van der Waals surface area contributed by atoms with E-state index in [-0.39, 0.29) is 17.7 Å². The first-order valence-corrected chi connectivity index (χ1v) is 9.62. The average molecular weight is 371 g/mol. The van der Waals surface area contributed by atoms with Crippen LogP contribution in [0.15, 0.2) is 36.4 Å². The van der Waals surface area contributed by atoms with Crippen LogP contribution in [0.1, 0.15) is 17.9 Å². The van der Waals surface area contributed by atoms with E-state index in [4.69, 9.17) is 4.74 Å². The summed E-state index contributed by atoms with van der Waals surface area (Å²) in [5.41, 5.74) is 3.63. The number of nitrogens with one attached hydrogen (secondary N) is 1.